The number of Topliss-reactive ketones (excluding diaryl/α,β-unsaturated/α-hetero) is 1. The normalized spacial score (nSPS) is 13.1. The molecule has 1 aromatic heterocycles. The zero-order chi connectivity index (χ0) is 16.4. The molecule has 1 amide bonds. The van der Waals surface area contributed by atoms with Gasteiger partial charge in [-0.25, -0.2) is 0 Å². The number of para-hydroxylation sites is 1. The number of amides is 1. The van der Waals surface area contributed by atoms with Gasteiger partial charge < -0.3 is 10.3 Å². The van der Waals surface area contributed by atoms with Crippen LogP contribution >= 0.6 is 0 Å². The Kier molecular flexibility index (Phi) is 3.77. The van der Waals surface area contributed by atoms with Gasteiger partial charge in [-0.2, -0.15) is 5.26 Å². The number of hydrogen-bond donors (Lipinski definition) is 2. The quantitative estimate of drug-likeness (QED) is 0.885. The molecule has 23 heavy (non-hydrogen) atoms. The summed E-state index contributed by atoms with van der Waals surface area (Å²) in [7, 11) is 0. The maximum atomic E-state index is 12.3. The smallest absolute Gasteiger partial charge is 0.261 e. The number of aromatic nitrogens is 1. The highest BCUT2D eigenvalue weighted by atomic mass is 16.2. The third kappa shape index (κ3) is 2.77. The number of H-pyrrole nitrogens is 1. The van der Waals surface area contributed by atoms with Crippen molar-refractivity contribution in [3.8, 4) is 6.07 Å². The highest BCUT2D eigenvalue weighted by Crippen LogP contribution is 2.20. The van der Waals surface area contributed by atoms with Gasteiger partial charge in [-0.05, 0) is 31.0 Å². The first-order valence-electron chi connectivity index (χ1n) is 7.20. The van der Waals surface area contributed by atoms with E-state index in [1.54, 1.807) is 24.3 Å². The first-order valence-corrected chi connectivity index (χ1v) is 7.20. The highest BCUT2D eigenvalue weighted by Gasteiger charge is 2.22. The van der Waals surface area contributed by atoms with Gasteiger partial charge in [0.15, 0.2) is 5.78 Å². The van der Waals surface area contributed by atoms with Crippen molar-refractivity contribution in [3.05, 3.63) is 63.1 Å². The van der Waals surface area contributed by atoms with Crippen LogP contribution in [0.15, 0.2) is 35.1 Å². The summed E-state index contributed by atoms with van der Waals surface area (Å²) < 4.78 is 0. The molecule has 0 atom stereocenters. The number of hydrogen-bond acceptors (Lipinski definition) is 4. The molecule has 2 aromatic rings. The number of benzene rings is 1. The molecule has 3 rings (SSSR count). The molecule has 0 saturated heterocycles. The summed E-state index contributed by atoms with van der Waals surface area (Å²) in [6.45, 7) is 0. The van der Waals surface area contributed by atoms with Crippen molar-refractivity contribution in [2.24, 2.45) is 0 Å². The molecule has 1 heterocycles. The summed E-state index contributed by atoms with van der Waals surface area (Å²) in [4.78, 5) is 39.0. The number of aromatic amines is 1. The molecule has 0 fully saturated rings. The average Bonchev–Trinajstić information content (AvgIpc) is 2.55. The molecule has 1 aliphatic carbocycles. The minimum atomic E-state index is -0.643. The van der Waals surface area contributed by atoms with Crippen LogP contribution in [0.25, 0.3) is 0 Å². The number of rotatable bonds is 2. The van der Waals surface area contributed by atoms with E-state index >= 15 is 0 Å². The summed E-state index contributed by atoms with van der Waals surface area (Å²) in [5.74, 6) is -0.718. The van der Waals surface area contributed by atoms with Crippen LogP contribution in [0.4, 0.5) is 5.69 Å². The van der Waals surface area contributed by atoms with Gasteiger partial charge in [-0.3, -0.25) is 14.4 Å². The van der Waals surface area contributed by atoms with Crippen LogP contribution in [0, 0.1) is 11.3 Å². The van der Waals surface area contributed by atoms with E-state index in [2.05, 4.69) is 10.3 Å². The predicted molar refractivity (Wildman–Crippen MR) is 83.4 cm³/mol. The number of carbonyl (C=O) groups is 2. The van der Waals surface area contributed by atoms with Gasteiger partial charge in [0.05, 0.1) is 11.3 Å². The topological polar surface area (TPSA) is 103 Å². The van der Waals surface area contributed by atoms with E-state index < -0.39 is 11.5 Å². The van der Waals surface area contributed by atoms with Crippen LogP contribution in [0.1, 0.15) is 44.8 Å². The Morgan fingerprint density at radius 2 is 2.00 bits per heavy atom. The third-order valence-corrected chi connectivity index (χ3v) is 3.79. The van der Waals surface area contributed by atoms with E-state index in [1.807, 2.05) is 6.07 Å². The van der Waals surface area contributed by atoms with Crippen molar-refractivity contribution in [2.75, 3.05) is 5.32 Å². The van der Waals surface area contributed by atoms with Crippen molar-refractivity contribution < 1.29 is 9.59 Å². The number of aryl methyl sites for hydroxylation is 1. The maximum absolute atomic E-state index is 12.3. The molecule has 1 aliphatic rings. The van der Waals surface area contributed by atoms with Gasteiger partial charge in [0, 0.05) is 17.7 Å². The molecule has 0 bridgehead atoms. The fraction of sp³-hybridized carbons (Fsp3) is 0.176. The molecule has 0 aliphatic heterocycles. The molecular formula is C17H13N3O3. The molecule has 114 valence electrons. The summed E-state index contributed by atoms with van der Waals surface area (Å²) in [5.41, 5.74) is 0.932. The molecule has 0 spiro atoms. The van der Waals surface area contributed by atoms with Gasteiger partial charge in [0.2, 0.25) is 0 Å². The number of pyridine rings is 1. The van der Waals surface area contributed by atoms with Crippen molar-refractivity contribution in [1.29, 1.82) is 5.26 Å². The average molecular weight is 307 g/mol. The van der Waals surface area contributed by atoms with E-state index in [-0.39, 0.29) is 11.3 Å². The Morgan fingerprint density at radius 1 is 1.22 bits per heavy atom. The zero-order valence-corrected chi connectivity index (χ0v) is 12.2. The largest absolute Gasteiger partial charge is 0.325 e. The molecule has 2 N–H and O–H groups in total. The first kappa shape index (κ1) is 14.7. The van der Waals surface area contributed by atoms with Crippen molar-refractivity contribution in [2.45, 2.75) is 19.3 Å². The summed E-state index contributed by atoms with van der Waals surface area (Å²) in [6, 6.07) is 9.82. The van der Waals surface area contributed by atoms with E-state index in [0.717, 1.165) is 0 Å². The molecule has 6 heteroatoms. The number of fused-ring (bicyclic) bond motifs is 1. The predicted octanol–water partition coefficient (Wildman–Crippen LogP) is 2.02. The van der Waals surface area contributed by atoms with Crippen molar-refractivity contribution >= 4 is 17.4 Å². The molecule has 0 unspecified atom stereocenters. The third-order valence-electron chi connectivity index (χ3n) is 3.79. The standard InChI is InChI=1S/C17H13N3O3/c18-9-10-4-1-2-5-13(10)19-16(22)12-8-11-14(20-17(12)23)6-3-7-15(11)21/h1-2,4-5,8H,3,6-7H2,(H,19,22)(H,20,23). The zero-order valence-electron chi connectivity index (χ0n) is 12.2. The molecule has 0 saturated carbocycles. The highest BCUT2D eigenvalue weighted by molar-refractivity contribution is 6.07. The Hall–Kier alpha value is -3.20. The van der Waals surface area contributed by atoms with E-state index in [9.17, 15) is 14.4 Å². The lowest BCUT2D eigenvalue weighted by atomic mass is 9.93. The monoisotopic (exact) mass is 307 g/mol. The fourth-order valence-electron chi connectivity index (χ4n) is 2.62. The lowest BCUT2D eigenvalue weighted by molar-refractivity contribution is 0.0971. The SMILES string of the molecule is N#Cc1ccccc1NC(=O)c1cc2c([nH]c1=O)CCCC2=O. The van der Waals surface area contributed by atoms with Crippen LogP contribution in [0.3, 0.4) is 0 Å². The second-order valence-electron chi connectivity index (χ2n) is 5.29. The van der Waals surface area contributed by atoms with Gasteiger partial charge in [-0.1, -0.05) is 12.1 Å². The lowest BCUT2D eigenvalue weighted by Crippen LogP contribution is -2.27. The number of ketones is 1. The van der Waals surface area contributed by atoms with Crippen LogP contribution in [0.5, 0.6) is 0 Å². The number of nitrogens with one attached hydrogen (secondary N) is 2. The molecular weight excluding hydrogens is 294 g/mol. The van der Waals surface area contributed by atoms with Gasteiger partial charge in [-0.15, -0.1) is 0 Å². The van der Waals surface area contributed by atoms with Crippen molar-refractivity contribution in [3.63, 3.8) is 0 Å². The fourth-order valence-corrected chi connectivity index (χ4v) is 2.62. The Labute approximate surface area is 131 Å². The van der Waals surface area contributed by atoms with Crippen LogP contribution in [0.2, 0.25) is 0 Å². The Bertz CT molecular complexity index is 906. The number of anilines is 1. The van der Waals surface area contributed by atoms with Gasteiger partial charge in [0.25, 0.3) is 11.5 Å². The second kappa shape index (κ2) is 5.89. The van der Waals surface area contributed by atoms with Crippen LogP contribution in [-0.2, 0) is 6.42 Å². The number of nitrogens with zero attached hydrogens (tertiary/aromatic N) is 1. The van der Waals surface area contributed by atoms with Crippen LogP contribution < -0.4 is 10.9 Å². The lowest BCUT2D eigenvalue weighted by Gasteiger charge is -2.15. The Morgan fingerprint density at radius 3 is 2.78 bits per heavy atom. The Balaban J connectivity index is 1.97. The molecule has 0 radical (unpaired) electrons. The maximum Gasteiger partial charge on any atom is 0.261 e. The minimum Gasteiger partial charge on any atom is -0.325 e. The van der Waals surface area contributed by atoms with Gasteiger partial charge >= 0.3 is 0 Å². The number of nitriles is 1. The van der Waals surface area contributed by atoms with Crippen LogP contribution in [-0.4, -0.2) is 16.7 Å². The summed E-state index contributed by atoms with van der Waals surface area (Å²) >= 11 is 0. The van der Waals surface area contributed by atoms with Crippen molar-refractivity contribution in [1.82, 2.24) is 4.98 Å². The first-order chi connectivity index (χ1) is 11.1. The summed E-state index contributed by atoms with van der Waals surface area (Å²) in [5, 5.41) is 11.6. The summed E-state index contributed by atoms with van der Waals surface area (Å²) in [6.07, 6.45) is 1.73. The van der Waals surface area contributed by atoms with E-state index in [0.29, 0.717) is 41.8 Å². The molecule has 1 aromatic carbocycles. The second-order valence-corrected chi connectivity index (χ2v) is 5.29. The molecule has 6 nitrogen and oxygen atoms in total. The number of carbonyl (C=O) groups excluding carboxylic acids is 2. The van der Waals surface area contributed by atoms with Gasteiger partial charge in [0.1, 0.15) is 11.6 Å². The van der Waals surface area contributed by atoms with E-state index in [1.165, 1.54) is 6.07 Å². The van der Waals surface area contributed by atoms with E-state index in [4.69, 9.17) is 5.26 Å². The minimum absolute atomic E-state index is 0.0750.